The van der Waals surface area contributed by atoms with E-state index in [1.165, 1.54) is 23.9 Å². The number of carbonyl (C=O) groups is 1. The van der Waals surface area contributed by atoms with Gasteiger partial charge in [-0.1, -0.05) is 0 Å². The van der Waals surface area contributed by atoms with Gasteiger partial charge in [0, 0.05) is 17.6 Å². The predicted octanol–water partition coefficient (Wildman–Crippen LogP) is 3.98. The molecule has 0 aliphatic heterocycles. The summed E-state index contributed by atoms with van der Waals surface area (Å²) in [6, 6.07) is 13.5. The lowest BCUT2D eigenvalue weighted by Gasteiger charge is -2.17. The summed E-state index contributed by atoms with van der Waals surface area (Å²) in [5.41, 5.74) is 0.813. The molecule has 22 heavy (non-hydrogen) atoms. The minimum Gasteiger partial charge on any atom is -0.494 e. The van der Waals surface area contributed by atoms with Crippen LogP contribution in [0, 0.1) is 5.82 Å². The minimum atomic E-state index is -0.276. The van der Waals surface area contributed by atoms with Crippen molar-refractivity contribution in [2.75, 3.05) is 24.3 Å². The molecule has 0 bridgehead atoms. The Kier molecular flexibility index (Phi) is 5.83. The number of hydrogen-bond acceptors (Lipinski definition) is 3. The van der Waals surface area contributed by atoms with Crippen LogP contribution in [0.3, 0.4) is 0 Å². The first kappa shape index (κ1) is 16.4. The van der Waals surface area contributed by atoms with Crippen molar-refractivity contribution in [2.24, 2.45) is 0 Å². The van der Waals surface area contributed by atoms with E-state index in [2.05, 4.69) is 0 Å². The van der Waals surface area contributed by atoms with Crippen LogP contribution in [0.25, 0.3) is 0 Å². The van der Waals surface area contributed by atoms with Crippen molar-refractivity contribution >= 4 is 23.4 Å². The smallest absolute Gasteiger partial charge is 0.237 e. The summed E-state index contributed by atoms with van der Waals surface area (Å²) in [5.74, 6) is 0.795. The fourth-order valence-electron chi connectivity index (χ4n) is 1.85. The van der Waals surface area contributed by atoms with E-state index in [-0.39, 0.29) is 11.7 Å². The number of thioether (sulfide) groups is 1. The summed E-state index contributed by atoms with van der Waals surface area (Å²) < 4.78 is 18.2. The quantitative estimate of drug-likeness (QED) is 0.754. The van der Waals surface area contributed by atoms with Crippen molar-refractivity contribution < 1.29 is 13.9 Å². The lowest BCUT2D eigenvalue weighted by molar-refractivity contribution is -0.115. The maximum atomic E-state index is 12.8. The van der Waals surface area contributed by atoms with Gasteiger partial charge in [-0.25, -0.2) is 4.39 Å². The molecule has 0 aromatic heterocycles. The molecule has 0 unspecified atom stereocenters. The molecule has 0 aliphatic carbocycles. The third-order valence-electron chi connectivity index (χ3n) is 3.09. The van der Waals surface area contributed by atoms with Gasteiger partial charge in [0.15, 0.2) is 0 Å². The maximum absolute atomic E-state index is 12.8. The zero-order chi connectivity index (χ0) is 15.9. The summed E-state index contributed by atoms with van der Waals surface area (Å²) in [6.07, 6.45) is 0. The summed E-state index contributed by atoms with van der Waals surface area (Å²) in [6.45, 7) is 2.54. The molecule has 0 saturated carbocycles. The van der Waals surface area contributed by atoms with Crippen molar-refractivity contribution in [3.63, 3.8) is 0 Å². The third kappa shape index (κ3) is 4.49. The SMILES string of the molecule is CCOc1ccc(N(C)C(=O)CSc2ccc(F)cc2)cc1. The Hall–Kier alpha value is -2.01. The second-order valence-corrected chi connectivity index (χ2v) is 5.67. The summed E-state index contributed by atoms with van der Waals surface area (Å²) in [4.78, 5) is 14.7. The van der Waals surface area contributed by atoms with Crippen LogP contribution in [0.5, 0.6) is 5.75 Å². The second kappa shape index (κ2) is 7.84. The zero-order valence-corrected chi connectivity index (χ0v) is 13.4. The Morgan fingerprint density at radius 1 is 1.14 bits per heavy atom. The molecule has 3 nitrogen and oxygen atoms in total. The van der Waals surface area contributed by atoms with Gasteiger partial charge in [0.05, 0.1) is 12.4 Å². The molecule has 0 heterocycles. The number of ether oxygens (including phenoxy) is 1. The molecule has 0 aliphatic rings. The van der Waals surface area contributed by atoms with Crippen LogP contribution in [0.2, 0.25) is 0 Å². The zero-order valence-electron chi connectivity index (χ0n) is 12.6. The first-order chi connectivity index (χ1) is 10.6. The summed E-state index contributed by atoms with van der Waals surface area (Å²) in [7, 11) is 1.74. The van der Waals surface area contributed by atoms with E-state index in [0.717, 1.165) is 16.3 Å². The van der Waals surface area contributed by atoms with Crippen LogP contribution < -0.4 is 9.64 Å². The first-order valence-corrected chi connectivity index (χ1v) is 7.96. The highest BCUT2D eigenvalue weighted by molar-refractivity contribution is 8.00. The molecule has 0 N–H and O–H groups in total. The standard InChI is InChI=1S/C17H18FNO2S/c1-3-21-15-8-6-14(7-9-15)19(2)17(20)12-22-16-10-4-13(18)5-11-16/h4-11H,3,12H2,1-2H3. The Morgan fingerprint density at radius 3 is 2.36 bits per heavy atom. The topological polar surface area (TPSA) is 29.5 Å². The van der Waals surface area contributed by atoms with E-state index >= 15 is 0 Å². The minimum absolute atomic E-state index is 0.0153. The third-order valence-corrected chi connectivity index (χ3v) is 4.08. The van der Waals surface area contributed by atoms with Gasteiger partial charge in [-0.2, -0.15) is 0 Å². The molecular weight excluding hydrogens is 301 g/mol. The number of carbonyl (C=O) groups excluding carboxylic acids is 1. The van der Waals surface area contributed by atoms with Gasteiger partial charge in [-0.15, -0.1) is 11.8 Å². The van der Waals surface area contributed by atoms with E-state index in [1.807, 2.05) is 31.2 Å². The first-order valence-electron chi connectivity index (χ1n) is 6.98. The highest BCUT2D eigenvalue weighted by Gasteiger charge is 2.11. The summed E-state index contributed by atoms with van der Waals surface area (Å²) in [5, 5.41) is 0. The van der Waals surface area contributed by atoms with Crippen molar-refractivity contribution in [3.05, 3.63) is 54.3 Å². The molecule has 2 aromatic rings. The van der Waals surface area contributed by atoms with E-state index in [0.29, 0.717) is 12.4 Å². The van der Waals surface area contributed by atoms with E-state index < -0.39 is 0 Å². The van der Waals surface area contributed by atoms with Crippen molar-refractivity contribution in [2.45, 2.75) is 11.8 Å². The molecule has 0 atom stereocenters. The van der Waals surface area contributed by atoms with Crippen LogP contribution in [-0.4, -0.2) is 25.3 Å². The number of hydrogen-bond donors (Lipinski definition) is 0. The average Bonchev–Trinajstić information content (AvgIpc) is 2.54. The normalized spacial score (nSPS) is 10.3. The fraction of sp³-hybridized carbons (Fsp3) is 0.235. The largest absolute Gasteiger partial charge is 0.494 e. The van der Waals surface area contributed by atoms with E-state index in [1.54, 1.807) is 24.1 Å². The predicted molar refractivity (Wildman–Crippen MR) is 88.1 cm³/mol. The van der Waals surface area contributed by atoms with Crippen molar-refractivity contribution in [1.29, 1.82) is 0 Å². The number of amides is 1. The van der Waals surface area contributed by atoms with Crippen molar-refractivity contribution in [1.82, 2.24) is 0 Å². The molecular formula is C17H18FNO2S. The van der Waals surface area contributed by atoms with Crippen LogP contribution in [0.1, 0.15) is 6.92 Å². The number of anilines is 1. The van der Waals surface area contributed by atoms with E-state index in [4.69, 9.17) is 4.74 Å². The lowest BCUT2D eigenvalue weighted by atomic mass is 10.3. The molecule has 116 valence electrons. The monoisotopic (exact) mass is 319 g/mol. The highest BCUT2D eigenvalue weighted by atomic mass is 32.2. The molecule has 0 spiro atoms. The Bertz CT molecular complexity index is 614. The molecule has 2 aromatic carbocycles. The van der Waals surface area contributed by atoms with Gasteiger partial charge in [0.1, 0.15) is 11.6 Å². The molecule has 1 amide bonds. The van der Waals surface area contributed by atoms with Crippen LogP contribution in [-0.2, 0) is 4.79 Å². The van der Waals surface area contributed by atoms with Gasteiger partial charge in [-0.3, -0.25) is 4.79 Å². The lowest BCUT2D eigenvalue weighted by Crippen LogP contribution is -2.27. The van der Waals surface area contributed by atoms with Gasteiger partial charge < -0.3 is 9.64 Å². The Morgan fingerprint density at radius 2 is 1.77 bits per heavy atom. The molecule has 0 fully saturated rings. The molecule has 0 radical (unpaired) electrons. The van der Waals surface area contributed by atoms with E-state index in [9.17, 15) is 9.18 Å². The van der Waals surface area contributed by atoms with Gasteiger partial charge >= 0.3 is 0 Å². The Labute approximate surface area is 134 Å². The number of rotatable bonds is 6. The van der Waals surface area contributed by atoms with Crippen LogP contribution in [0.15, 0.2) is 53.4 Å². The Balaban J connectivity index is 1.92. The molecule has 5 heteroatoms. The second-order valence-electron chi connectivity index (χ2n) is 4.62. The molecule has 2 rings (SSSR count). The number of halogens is 1. The fourth-order valence-corrected chi connectivity index (χ4v) is 2.66. The van der Waals surface area contributed by atoms with Crippen LogP contribution in [0.4, 0.5) is 10.1 Å². The maximum Gasteiger partial charge on any atom is 0.237 e. The van der Waals surface area contributed by atoms with Gasteiger partial charge in [-0.05, 0) is 55.5 Å². The van der Waals surface area contributed by atoms with Crippen molar-refractivity contribution in [3.8, 4) is 5.75 Å². The van der Waals surface area contributed by atoms with Gasteiger partial charge in [0.2, 0.25) is 5.91 Å². The molecule has 0 saturated heterocycles. The number of benzene rings is 2. The summed E-state index contributed by atoms with van der Waals surface area (Å²) >= 11 is 1.39. The van der Waals surface area contributed by atoms with Crippen LogP contribution >= 0.6 is 11.8 Å². The van der Waals surface area contributed by atoms with Gasteiger partial charge in [0.25, 0.3) is 0 Å². The highest BCUT2D eigenvalue weighted by Crippen LogP contribution is 2.22. The number of nitrogens with zero attached hydrogens (tertiary/aromatic N) is 1. The average molecular weight is 319 g/mol.